The monoisotopic (exact) mass is 359 g/mol. The van der Waals surface area contributed by atoms with Gasteiger partial charge in [-0.1, -0.05) is 28.1 Å². The lowest BCUT2D eigenvalue weighted by atomic mass is 10.2. The maximum atomic E-state index is 9.94. The number of nitrogens with one attached hydrogen (secondary N) is 1. The minimum Gasteiger partial charge on any atom is -0.504 e. The first-order chi connectivity index (χ1) is 10.7. The number of methoxy groups -OCH3 is 1. The van der Waals surface area contributed by atoms with E-state index in [0.29, 0.717) is 23.6 Å². The van der Waals surface area contributed by atoms with Crippen LogP contribution in [0.5, 0.6) is 11.5 Å². The summed E-state index contributed by atoms with van der Waals surface area (Å²) in [7, 11) is 1.51. The van der Waals surface area contributed by atoms with Gasteiger partial charge in [-0.2, -0.15) is 0 Å². The number of fused-ring (bicyclic) bond motifs is 1. The molecule has 0 amide bonds. The number of rotatable bonds is 4. The van der Waals surface area contributed by atoms with Crippen LogP contribution in [0.1, 0.15) is 5.56 Å². The van der Waals surface area contributed by atoms with Gasteiger partial charge < -0.3 is 15.2 Å². The van der Waals surface area contributed by atoms with Gasteiger partial charge in [0.05, 0.1) is 12.6 Å². The Hall–Kier alpha value is -2.34. The van der Waals surface area contributed by atoms with E-state index in [4.69, 9.17) is 4.74 Å². The Bertz CT molecular complexity index is 824. The van der Waals surface area contributed by atoms with Crippen molar-refractivity contribution in [2.24, 2.45) is 0 Å². The Morgan fingerprint density at radius 3 is 2.86 bits per heavy atom. The van der Waals surface area contributed by atoms with Gasteiger partial charge in [0.1, 0.15) is 12.1 Å². The van der Waals surface area contributed by atoms with Crippen LogP contribution in [0.2, 0.25) is 0 Å². The molecule has 0 atom stereocenters. The van der Waals surface area contributed by atoms with Gasteiger partial charge in [0, 0.05) is 22.5 Å². The molecule has 22 heavy (non-hydrogen) atoms. The number of nitrogens with zero attached hydrogens (tertiary/aromatic N) is 2. The lowest BCUT2D eigenvalue weighted by molar-refractivity contribution is 0.374. The summed E-state index contributed by atoms with van der Waals surface area (Å²) >= 11 is 3.45. The number of benzene rings is 2. The van der Waals surface area contributed by atoms with Crippen LogP contribution in [-0.4, -0.2) is 22.2 Å². The molecule has 0 saturated heterocycles. The molecule has 5 nitrogen and oxygen atoms in total. The van der Waals surface area contributed by atoms with E-state index < -0.39 is 0 Å². The van der Waals surface area contributed by atoms with Gasteiger partial charge in [-0.3, -0.25) is 0 Å². The second-order valence-electron chi connectivity index (χ2n) is 4.75. The Labute approximate surface area is 136 Å². The van der Waals surface area contributed by atoms with Crippen molar-refractivity contribution in [1.82, 2.24) is 9.97 Å². The number of anilines is 1. The van der Waals surface area contributed by atoms with Crippen molar-refractivity contribution in [2.75, 3.05) is 12.4 Å². The fraction of sp³-hybridized carbons (Fsp3) is 0.125. The van der Waals surface area contributed by atoms with Crippen molar-refractivity contribution in [3.8, 4) is 11.5 Å². The highest BCUT2D eigenvalue weighted by Gasteiger charge is 2.09. The minimum atomic E-state index is 0.0651. The van der Waals surface area contributed by atoms with E-state index in [9.17, 15) is 5.11 Å². The number of hydrogen-bond donors (Lipinski definition) is 2. The number of aromatic nitrogens is 2. The van der Waals surface area contributed by atoms with Gasteiger partial charge in [-0.05, 0) is 23.8 Å². The first-order valence-corrected chi connectivity index (χ1v) is 7.46. The topological polar surface area (TPSA) is 67.3 Å². The molecule has 0 bridgehead atoms. The zero-order valence-electron chi connectivity index (χ0n) is 11.9. The van der Waals surface area contributed by atoms with E-state index >= 15 is 0 Å². The molecule has 0 saturated carbocycles. The van der Waals surface area contributed by atoms with Gasteiger partial charge >= 0.3 is 0 Å². The lowest BCUT2D eigenvalue weighted by Crippen LogP contribution is -2.02. The summed E-state index contributed by atoms with van der Waals surface area (Å²) in [6.07, 6.45) is 1.49. The maximum absolute atomic E-state index is 9.94. The van der Waals surface area contributed by atoms with Crippen molar-refractivity contribution in [3.05, 3.63) is 52.8 Å². The number of phenols is 1. The highest BCUT2D eigenvalue weighted by molar-refractivity contribution is 9.10. The van der Waals surface area contributed by atoms with E-state index in [1.54, 1.807) is 12.1 Å². The summed E-state index contributed by atoms with van der Waals surface area (Å²) in [4.78, 5) is 8.47. The Balaban J connectivity index is 1.92. The average molecular weight is 360 g/mol. The molecule has 0 aliphatic rings. The summed E-state index contributed by atoms with van der Waals surface area (Å²) in [5, 5.41) is 14.0. The van der Waals surface area contributed by atoms with E-state index in [-0.39, 0.29) is 5.75 Å². The summed E-state index contributed by atoms with van der Waals surface area (Å²) in [5.41, 5.74) is 1.83. The summed E-state index contributed by atoms with van der Waals surface area (Å²) in [6.45, 7) is 0.623. The normalized spacial score (nSPS) is 10.6. The Morgan fingerprint density at radius 2 is 2.09 bits per heavy atom. The van der Waals surface area contributed by atoms with Gasteiger partial charge in [0.25, 0.3) is 0 Å². The van der Waals surface area contributed by atoms with E-state index in [2.05, 4.69) is 31.2 Å². The first kappa shape index (κ1) is 14.6. The predicted octanol–water partition coefficient (Wildman–Crippen LogP) is 3.72. The molecule has 1 aromatic heterocycles. The predicted molar refractivity (Wildman–Crippen MR) is 89.2 cm³/mol. The van der Waals surface area contributed by atoms with Crippen LogP contribution >= 0.6 is 15.9 Å². The minimum absolute atomic E-state index is 0.0651. The summed E-state index contributed by atoms with van der Waals surface area (Å²) < 4.78 is 6.13. The molecule has 0 spiro atoms. The quantitative estimate of drug-likeness (QED) is 0.742. The van der Waals surface area contributed by atoms with Crippen LogP contribution in [0, 0.1) is 0 Å². The van der Waals surface area contributed by atoms with Crippen molar-refractivity contribution < 1.29 is 9.84 Å². The van der Waals surface area contributed by atoms with Crippen molar-refractivity contribution in [3.63, 3.8) is 0 Å². The second kappa shape index (κ2) is 6.19. The van der Waals surface area contributed by atoms with E-state index in [1.807, 2.05) is 24.3 Å². The molecule has 3 rings (SSSR count). The van der Waals surface area contributed by atoms with Crippen LogP contribution in [-0.2, 0) is 6.54 Å². The van der Waals surface area contributed by atoms with Gasteiger partial charge in [0.2, 0.25) is 0 Å². The molecule has 0 aliphatic heterocycles. The number of hydrogen-bond acceptors (Lipinski definition) is 5. The first-order valence-electron chi connectivity index (χ1n) is 6.67. The maximum Gasteiger partial charge on any atom is 0.162 e. The van der Waals surface area contributed by atoms with Gasteiger partial charge in [0.15, 0.2) is 11.5 Å². The molecule has 0 unspecified atom stereocenters. The summed E-state index contributed by atoms with van der Waals surface area (Å²) in [5.74, 6) is 1.13. The number of halogens is 1. The van der Waals surface area contributed by atoms with Crippen LogP contribution in [0.25, 0.3) is 10.9 Å². The Morgan fingerprint density at radius 1 is 1.23 bits per heavy atom. The summed E-state index contributed by atoms with van der Waals surface area (Å²) in [6, 6.07) is 11.3. The highest BCUT2D eigenvalue weighted by atomic mass is 79.9. The molecule has 0 aliphatic carbocycles. The van der Waals surface area contributed by atoms with Crippen LogP contribution < -0.4 is 10.1 Å². The molecule has 0 radical (unpaired) electrons. The van der Waals surface area contributed by atoms with Crippen molar-refractivity contribution in [1.29, 1.82) is 0 Å². The smallest absolute Gasteiger partial charge is 0.162 e. The highest BCUT2D eigenvalue weighted by Crippen LogP contribution is 2.32. The molecular formula is C16H14BrN3O2. The molecule has 112 valence electrons. The third kappa shape index (κ3) is 2.96. The molecule has 2 aromatic carbocycles. The van der Waals surface area contributed by atoms with Crippen LogP contribution in [0.3, 0.4) is 0 Å². The van der Waals surface area contributed by atoms with E-state index in [0.717, 1.165) is 15.4 Å². The Kier molecular flexibility index (Phi) is 4.11. The number of phenolic OH excluding ortho intramolecular Hbond substituents is 1. The van der Waals surface area contributed by atoms with Gasteiger partial charge in [-0.25, -0.2) is 9.97 Å². The van der Waals surface area contributed by atoms with E-state index in [1.165, 1.54) is 13.4 Å². The molecular weight excluding hydrogens is 346 g/mol. The zero-order valence-corrected chi connectivity index (χ0v) is 13.5. The van der Waals surface area contributed by atoms with Gasteiger partial charge in [-0.15, -0.1) is 0 Å². The lowest BCUT2D eigenvalue weighted by Gasteiger charge is -2.10. The van der Waals surface area contributed by atoms with Crippen LogP contribution in [0.4, 0.5) is 5.82 Å². The fourth-order valence-corrected chi connectivity index (χ4v) is 2.66. The molecule has 1 heterocycles. The van der Waals surface area contributed by atoms with Crippen LogP contribution in [0.15, 0.2) is 47.2 Å². The second-order valence-corrected chi connectivity index (χ2v) is 5.66. The number of ether oxygens (including phenoxy) is 1. The third-order valence-electron chi connectivity index (χ3n) is 3.28. The SMILES string of the molecule is COc1cc2ncnc(NCc3cccc(Br)c3)c2cc1O. The fourth-order valence-electron chi connectivity index (χ4n) is 2.21. The number of aromatic hydroxyl groups is 1. The third-order valence-corrected chi connectivity index (χ3v) is 3.78. The average Bonchev–Trinajstić information content (AvgIpc) is 2.52. The zero-order chi connectivity index (χ0) is 15.5. The van der Waals surface area contributed by atoms with Crippen molar-refractivity contribution >= 4 is 32.7 Å². The molecule has 6 heteroatoms. The molecule has 3 aromatic rings. The largest absolute Gasteiger partial charge is 0.504 e. The standard InChI is InChI=1S/C16H14BrN3O2/c1-22-15-7-13-12(6-14(15)21)16(20-9-19-13)18-8-10-3-2-4-11(17)5-10/h2-7,9,21H,8H2,1H3,(H,18,19,20). The van der Waals surface area contributed by atoms with Crippen molar-refractivity contribution in [2.45, 2.75) is 6.54 Å². The molecule has 0 fully saturated rings. The molecule has 2 N–H and O–H groups in total.